The van der Waals surface area contributed by atoms with Crippen LogP contribution in [-0.4, -0.2) is 23.2 Å². The van der Waals surface area contributed by atoms with Crippen LogP contribution < -0.4 is 5.32 Å². The second-order valence-corrected chi connectivity index (χ2v) is 2.42. The molecule has 0 aromatic heterocycles. The van der Waals surface area contributed by atoms with Gasteiger partial charge in [0.05, 0.1) is 12.0 Å². The molecule has 1 aliphatic rings. The highest BCUT2D eigenvalue weighted by Crippen LogP contribution is 2.17. The van der Waals surface area contributed by atoms with Crippen LogP contribution in [0.3, 0.4) is 0 Å². The Morgan fingerprint density at radius 3 is 2.70 bits per heavy atom. The van der Waals surface area contributed by atoms with E-state index in [4.69, 9.17) is 11.5 Å². The summed E-state index contributed by atoms with van der Waals surface area (Å²) in [5, 5.41) is 11.5. The molecule has 1 saturated heterocycles. The van der Waals surface area contributed by atoms with Crippen LogP contribution in [0, 0.1) is 18.3 Å². The summed E-state index contributed by atoms with van der Waals surface area (Å²) in [5.74, 6) is 1.82. The van der Waals surface area contributed by atoms with Crippen molar-refractivity contribution in [2.45, 2.75) is 19.1 Å². The molecular formula is C7H9NO2. The first-order valence-corrected chi connectivity index (χ1v) is 3.11. The molecule has 3 heteroatoms. The Kier molecular flexibility index (Phi) is 1.64. The fourth-order valence-corrected chi connectivity index (χ4v) is 1.04. The summed E-state index contributed by atoms with van der Waals surface area (Å²) in [7, 11) is 0. The van der Waals surface area contributed by atoms with Crippen molar-refractivity contribution >= 4 is 5.91 Å². The number of amides is 1. The zero-order valence-corrected chi connectivity index (χ0v) is 5.66. The lowest BCUT2D eigenvalue weighted by molar-refractivity contribution is -0.138. The van der Waals surface area contributed by atoms with E-state index in [1.54, 1.807) is 6.92 Å². The van der Waals surface area contributed by atoms with E-state index < -0.39 is 12.0 Å². The Hall–Kier alpha value is -1.01. The standard InChI is InChI=1S/C7H9NO2/c1-3-5-6(4(2)9)7(10)8-5/h1,4-6,9H,2H3,(H,8,10)/t4?,5-,6-/m0/s1. The van der Waals surface area contributed by atoms with Crippen LogP contribution in [-0.2, 0) is 4.79 Å². The first-order chi connectivity index (χ1) is 4.66. The van der Waals surface area contributed by atoms with E-state index in [1.807, 2.05) is 0 Å². The number of carbonyl (C=O) groups is 1. The lowest BCUT2D eigenvalue weighted by Gasteiger charge is -2.34. The molecule has 0 bridgehead atoms. The molecule has 3 nitrogen and oxygen atoms in total. The van der Waals surface area contributed by atoms with E-state index in [0.29, 0.717) is 0 Å². The smallest absolute Gasteiger partial charge is 0.229 e. The van der Waals surface area contributed by atoms with Gasteiger partial charge in [0.15, 0.2) is 0 Å². The summed E-state index contributed by atoms with van der Waals surface area (Å²) in [6, 6.07) is -0.271. The Bertz CT molecular complexity index is 192. The van der Waals surface area contributed by atoms with Crippen molar-refractivity contribution in [1.82, 2.24) is 5.32 Å². The number of aliphatic hydroxyl groups excluding tert-OH is 1. The molecule has 1 fully saturated rings. The van der Waals surface area contributed by atoms with Crippen LogP contribution in [0.2, 0.25) is 0 Å². The van der Waals surface area contributed by atoms with Gasteiger partial charge in [0, 0.05) is 0 Å². The molecule has 54 valence electrons. The Labute approximate surface area is 59.4 Å². The summed E-state index contributed by atoms with van der Waals surface area (Å²) in [4.78, 5) is 10.7. The molecule has 1 heterocycles. The minimum atomic E-state index is -0.644. The van der Waals surface area contributed by atoms with E-state index in [0.717, 1.165) is 0 Å². The van der Waals surface area contributed by atoms with Crippen molar-refractivity contribution in [3.8, 4) is 12.3 Å². The second-order valence-electron chi connectivity index (χ2n) is 2.42. The molecule has 1 amide bonds. The van der Waals surface area contributed by atoms with E-state index in [-0.39, 0.29) is 11.9 Å². The molecule has 3 atom stereocenters. The first-order valence-electron chi connectivity index (χ1n) is 3.11. The summed E-state index contributed by atoms with van der Waals surface area (Å²) >= 11 is 0. The highest BCUT2D eigenvalue weighted by atomic mass is 16.3. The van der Waals surface area contributed by atoms with Crippen LogP contribution in [0.15, 0.2) is 0 Å². The summed E-state index contributed by atoms with van der Waals surface area (Å²) in [6.07, 6.45) is 4.40. The highest BCUT2D eigenvalue weighted by molar-refractivity contribution is 5.87. The van der Waals surface area contributed by atoms with Crippen molar-refractivity contribution < 1.29 is 9.90 Å². The second kappa shape index (κ2) is 2.31. The van der Waals surface area contributed by atoms with Crippen molar-refractivity contribution in [2.24, 2.45) is 5.92 Å². The summed E-state index contributed by atoms with van der Waals surface area (Å²) < 4.78 is 0. The average molecular weight is 139 g/mol. The molecule has 1 rings (SSSR count). The van der Waals surface area contributed by atoms with Gasteiger partial charge >= 0.3 is 0 Å². The summed E-state index contributed by atoms with van der Waals surface area (Å²) in [5.41, 5.74) is 0. The van der Waals surface area contributed by atoms with Gasteiger partial charge in [-0.1, -0.05) is 5.92 Å². The van der Waals surface area contributed by atoms with E-state index in [9.17, 15) is 4.79 Å². The van der Waals surface area contributed by atoms with E-state index >= 15 is 0 Å². The van der Waals surface area contributed by atoms with Crippen LogP contribution in [0.4, 0.5) is 0 Å². The highest BCUT2D eigenvalue weighted by Gasteiger charge is 2.41. The van der Waals surface area contributed by atoms with Crippen LogP contribution in [0.25, 0.3) is 0 Å². The minimum Gasteiger partial charge on any atom is -0.392 e. The van der Waals surface area contributed by atoms with Crippen molar-refractivity contribution in [2.75, 3.05) is 0 Å². The van der Waals surface area contributed by atoms with Gasteiger partial charge in [0.25, 0.3) is 0 Å². The number of hydrogen-bond acceptors (Lipinski definition) is 2. The Balaban J connectivity index is 2.58. The zero-order valence-electron chi connectivity index (χ0n) is 5.66. The molecule has 0 spiro atoms. The lowest BCUT2D eigenvalue weighted by Crippen LogP contribution is -2.61. The number of β-lactam (4-membered cyclic amide) rings is 1. The van der Waals surface area contributed by atoms with Gasteiger partial charge in [0.2, 0.25) is 5.91 Å². The number of rotatable bonds is 1. The number of nitrogens with one attached hydrogen (secondary N) is 1. The fourth-order valence-electron chi connectivity index (χ4n) is 1.04. The fraction of sp³-hybridized carbons (Fsp3) is 0.571. The zero-order chi connectivity index (χ0) is 7.72. The van der Waals surface area contributed by atoms with Gasteiger partial charge in [-0.15, -0.1) is 6.42 Å². The molecule has 0 aliphatic carbocycles. The molecule has 0 aromatic carbocycles. The third-order valence-corrected chi connectivity index (χ3v) is 1.66. The minimum absolute atomic E-state index is 0.155. The maximum Gasteiger partial charge on any atom is 0.229 e. The van der Waals surface area contributed by atoms with Gasteiger partial charge in [-0.3, -0.25) is 4.79 Å². The quantitative estimate of drug-likeness (QED) is 0.366. The van der Waals surface area contributed by atoms with Gasteiger partial charge in [0.1, 0.15) is 6.04 Å². The summed E-state index contributed by atoms with van der Waals surface area (Å²) in [6.45, 7) is 1.56. The molecule has 10 heavy (non-hydrogen) atoms. The van der Waals surface area contributed by atoms with E-state index in [1.165, 1.54) is 0 Å². The third kappa shape index (κ3) is 0.869. The van der Waals surface area contributed by atoms with Gasteiger partial charge in [-0.05, 0) is 6.92 Å². The van der Waals surface area contributed by atoms with Crippen LogP contribution in [0.5, 0.6) is 0 Å². The maximum absolute atomic E-state index is 10.7. The van der Waals surface area contributed by atoms with Crippen molar-refractivity contribution in [1.29, 1.82) is 0 Å². The monoisotopic (exact) mass is 139 g/mol. The van der Waals surface area contributed by atoms with Crippen LogP contribution in [0.1, 0.15) is 6.92 Å². The molecule has 0 saturated carbocycles. The average Bonchev–Trinajstić information content (AvgIpc) is 1.80. The predicted octanol–water partition coefficient (Wildman–Crippen LogP) is -0.885. The Morgan fingerprint density at radius 1 is 1.90 bits per heavy atom. The molecule has 1 aliphatic heterocycles. The van der Waals surface area contributed by atoms with Gasteiger partial charge in [-0.25, -0.2) is 0 Å². The maximum atomic E-state index is 10.7. The molecule has 0 aromatic rings. The molecule has 0 radical (unpaired) electrons. The topological polar surface area (TPSA) is 49.3 Å². The van der Waals surface area contributed by atoms with Gasteiger partial charge in [-0.2, -0.15) is 0 Å². The number of carbonyl (C=O) groups excluding carboxylic acids is 1. The van der Waals surface area contributed by atoms with Gasteiger partial charge < -0.3 is 10.4 Å². The molecular weight excluding hydrogens is 130 g/mol. The lowest BCUT2D eigenvalue weighted by atomic mass is 9.87. The van der Waals surface area contributed by atoms with E-state index in [2.05, 4.69) is 11.2 Å². The largest absolute Gasteiger partial charge is 0.392 e. The Morgan fingerprint density at radius 2 is 2.50 bits per heavy atom. The van der Waals surface area contributed by atoms with Crippen molar-refractivity contribution in [3.63, 3.8) is 0 Å². The SMILES string of the molecule is C#C[C@@H]1NC(=O)[C@H]1C(C)O. The molecule has 1 unspecified atom stereocenters. The number of terminal acetylenes is 1. The number of aliphatic hydroxyl groups is 1. The molecule has 2 N–H and O–H groups in total. The normalized spacial score (nSPS) is 33.5. The van der Waals surface area contributed by atoms with Crippen molar-refractivity contribution in [3.05, 3.63) is 0 Å². The third-order valence-electron chi connectivity index (χ3n) is 1.66. The number of hydrogen-bond donors (Lipinski definition) is 2. The first kappa shape index (κ1) is 7.10. The van der Waals surface area contributed by atoms with Crippen LogP contribution >= 0.6 is 0 Å². The predicted molar refractivity (Wildman–Crippen MR) is 35.9 cm³/mol.